The quantitative estimate of drug-likeness (QED) is 0.638. The second-order valence-electron chi connectivity index (χ2n) is 3.11. The predicted molar refractivity (Wildman–Crippen MR) is 53.1 cm³/mol. The monoisotopic (exact) mass is 263 g/mol. The van der Waals surface area contributed by atoms with E-state index in [0.717, 1.165) is 0 Å². The van der Waals surface area contributed by atoms with Crippen LogP contribution in [0.25, 0.3) is 0 Å². The number of sulfone groups is 1. The summed E-state index contributed by atoms with van der Waals surface area (Å²) in [7, 11) is -4.00. The minimum absolute atomic E-state index is 0.662. The number of carboxylic acid groups (broad SMARTS) is 1. The normalized spacial score (nSPS) is 11.2. The molecule has 0 bridgehead atoms. The van der Waals surface area contributed by atoms with Gasteiger partial charge in [-0.25, -0.2) is 13.2 Å². The van der Waals surface area contributed by atoms with Crippen LogP contribution in [0.2, 0.25) is 0 Å². The maximum absolute atomic E-state index is 13.6. The first-order valence-corrected chi connectivity index (χ1v) is 5.95. The summed E-state index contributed by atoms with van der Waals surface area (Å²) in [6.07, 6.45) is 0.662. The zero-order chi connectivity index (χ0) is 13.4. The molecule has 0 aliphatic heterocycles. The topological polar surface area (TPSA) is 115 Å². The molecule has 0 aliphatic rings. The molecule has 1 aromatic rings. The van der Waals surface area contributed by atoms with Gasteiger partial charge in [-0.1, -0.05) is 0 Å². The number of hydrogen-bond acceptors (Lipinski definition) is 5. The van der Waals surface area contributed by atoms with Crippen molar-refractivity contribution in [1.82, 2.24) is 0 Å². The van der Waals surface area contributed by atoms with Gasteiger partial charge in [0.15, 0.2) is 9.84 Å². The fourth-order valence-electron chi connectivity index (χ4n) is 1.18. The van der Waals surface area contributed by atoms with Gasteiger partial charge in [-0.15, -0.1) is 0 Å². The van der Waals surface area contributed by atoms with Crippen LogP contribution in [0.3, 0.4) is 0 Å². The number of aromatic carboxylic acids is 1. The van der Waals surface area contributed by atoms with Crippen LogP contribution >= 0.6 is 0 Å². The van der Waals surface area contributed by atoms with E-state index >= 15 is 0 Å². The molecule has 0 aromatic heterocycles. The van der Waals surface area contributed by atoms with Crippen molar-refractivity contribution in [3.05, 3.63) is 33.6 Å². The largest absolute Gasteiger partial charge is 0.477 e. The lowest BCUT2D eigenvalue weighted by Crippen LogP contribution is -2.09. The van der Waals surface area contributed by atoms with Gasteiger partial charge in [-0.2, -0.15) is 4.39 Å². The molecule has 0 saturated carbocycles. The molecule has 1 aromatic carbocycles. The Kier molecular flexibility index (Phi) is 3.14. The van der Waals surface area contributed by atoms with Crippen LogP contribution in [-0.2, 0) is 9.84 Å². The Labute approximate surface area is 94.6 Å². The smallest absolute Gasteiger partial charge is 0.342 e. The summed E-state index contributed by atoms with van der Waals surface area (Å²) >= 11 is 0. The molecule has 0 saturated heterocycles. The molecule has 0 heterocycles. The van der Waals surface area contributed by atoms with Crippen LogP contribution in [0, 0.1) is 15.9 Å². The fourth-order valence-corrected chi connectivity index (χ4v) is 1.92. The summed E-state index contributed by atoms with van der Waals surface area (Å²) in [6.45, 7) is 0. The summed E-state index contributed by atoms with van der Waals surface area (Å²) in [4.78, 5) is 19.0. The van der Waals surface area contributed by atoms with Crippen LogP contribution in [-0.4, -0.2) is 30.7 Å². The van der Waals surface area contributed by atoms with Crippen LogP contribution in [0.1, 0.15) is 10.4 Å². The van der Waals surface area contributed by atoms with E-state index in [0.29, 0.717) is 18.4 Å². The molecule has 92 valence electrons. The molecular weight excluding hydrogens is 257 g/mol. The summed E-state index contributed by atoms with van der Waals surface area (Å²) < 4.78 is 35.8. The van der Waals surface area contributed by atoms with Gasteiger partial charge in [0.2, 0.25) is 5.82 Å². The number of nitro benzene ring substituents is 1. The van der Waals surface area contributed by atoms with Crippen molar-refractivity contribution in [3.63, 3.8) is 0 Å². The molecule has 0 unspecified atom stereocenters. The highest BCUT2D eigenvalue weighted by atomic mass is 32.2. The molecule has 0 amide bonds. The molecule has 0 atom stereocenters. The van der Waals surface area contributed by atoms with Gasteiger partial charge >= 0.3 is 11.7 Å². The van der Waals surface area contributed by atoms with Crippen molar-refractivity contribution in [3.8, 4) is 0 Å². The number of carboxylic acids is 1. The van der Waals surface area contributed by atoms with Gasteiger partial charge < -0.3 is 5.11 Å². The Morgan fingerprint density at radius 2 is 2.00 bits per heavy atom. The number of nitro groups is 1. The zero-order valence-corrected chi connectivity index (χ0v) is 9.19. The Balaban J connectivity index is 3.73. The van der Waals surface area contributed by atoms with E-state index < -0.39 is 42.7 Å². The lowest BCUT2D eigenvalue weighted by molar-refractivity contribution is -0.388. The number of nitrogens with zero attached hydrogens (tertiary/aromatic N) is 1. The lowest BCUT2D eigenvalue weighted by atomic mass is 10.2. The number of rotatable bonds is 3. The Morgan fingerprint density at radius 3 is 2.35 bits per heavy atom. The second kappa shape index (κ2) is 4.09. The Bertz CT molecular complexity index is 609. The summed E-state index contributed by atoms with van der Waals surface area (Å²) in [5.74, 6) is -3.38. The summed E-state index contributed by atoms with van der Waals surface area (Å²) in [5, 5.41) is 19.1. The summed E-state index contributed by atoms with van der Waals surface area (Å²) in [6, 6.07) is 1.36. The first kappa shape index (κ1) is 13.0. The average Bonchev–Trinajstić information content (AvgIpc) is 2.13. The molecule has 0 spiro atoms. The molecule has 0 fully saturated rings. The van der Waals surface area contributed by atoms with Crippen LogP contribution in [0.4, 0.5) is 10.1 Å². The van der Waals surface area contributed by atoms with Crippen LogP contribution in [0.15, 0.2) is 17.0 Å². The van der Waals surface area contributed by atoms with Gasteiger partial charge in [0.05, 0.1) is 4.92 Å². The third kappa shape index (κ3) is 2.38. The highest BCUT2D eigenvalue weighted by molar-refractivity contribution is 7.90. The lowest BCUT2D eigenvalue weighted by Gasteiger charge is -2.03. The first-order chi connectivity index (χ1) is 7.66. The van der Waals surface area contributed by atoms with Crippen molar-refractivity contribution >= 4 is 21.5 Å². The van der Waals surface area contributed by atoms with Crippen molar-refractivity contribution in [1.29, 1.82) is 0 Å². The standard InChI is InChI=1S/C8H6FNO6S/c1-17(15,16)5-3-2-4(8(11)12)7(6(5)9)10(13)14/h2-3H,1H3,(H,11,12). The van der Waals surface area contributed by atoms with Gasteiger partial charge in [-0.05, 0) is 12.1 Å². The first-order valence-electron chi connectivity index (χ1n) is 4.06. The third-order valence-corrected chi connectivity index (χ3v) is 3.01. The van der Waals surface area contributed by atoms with Crippen molar-refractivity contribution in [2.45, 2.75) is 4.90 Å². The highest BCUT2D eigenvalue weighted by Gasteiger charge is 2.30. The van der Waals surface area contributed by atoms with Crippen molar-refractivity contribution in [2.24, 2.45) is 0 Å². The molecule has 7 nitrogen and oxygen atoms in total. The average molecular weight is 263 g/mol. The molecule has 0 radical (unpaired) electrons. The number of hydrogen-bond donors (Lipinski definition) is 1. The Hall–Kier alpha value is -2.03. The van der Waals surface area contributed by atoms with Gasteiger partial charge in [0, 0.05) is 6.26 Å². The minimum Gasteiger partial charge on any atom is -0.477 e. The maximum atomic E-state index is 13.6. The molecule has 17 heavy (non-hydrogen) atoms. The van der Waals surface area contributed by atoms with Gasteiger partial charge in [0.25, 0.3) is 0 Å². The van der Waals surface area contributed by atoms with Crippen molar-refractivity contribution < 1.29 is 27.6 Å². The fraction of sp³-hybridized carbons (Fsp3) is 0.125. The molecule has 9 heteroatoms. The van der Waals surface area contributed by atoms with E-state index in [1.807, 2.05) is 0 Å². The maximum Gasteiger partial charge on any atom is 0.342 e. The van der Waals surface area contributed by atoms with E-state index in [9.17, 15) is 27.7 Å². The molecule has 0 aliphatic carbocycles. The summed E-state index contributed by atoms with van der Waals surface area (Å²) in [5.41, 5.74) is -2.26. The molecular formula is C8H6FNO6S. The predicted octanol–water partition coefficient (Wildman–Crippen LogP) is 0.836. The Morgan fingerprint density at radius 1 is 1.47 bits per heavy atom. The van der Waals surface area contributed by atoms with Crippen molar-refractivity contribution in [2.75, 3.05) is 6.26 Å². The van der Waals surface area contributed by atoms with E-state index in [-0.39, 0.29) is 0 Å². The van der Waals surface area contributed by atoms with Gasteiger partial charge in [0.1, 0.15) is 10.5 Å². The van der Waals surface area contributed by atoms with Gasteiger partial charge in [-0.3, -0.25) is 10.1 Å². The zero-order valence-electron chi connectivity index (χ0n) is 8.38. The highest BCUT2D eigenvalue weighted by Crippen LogP contribution is 2.28. The molecule has 1 N–H and O–H groups in total. The van der Waals surface area contributed by atoms with E-state index in [1.54, 1.807) is 0 Å². The van der Waals surface area contributed by atoms with E-state index in [2.05, 4.69) is 0 Å². The number of halogens is 1. The minimum atomic E-state index is -4.00. The van der Waals surface area contributed by atoms with E-state index in [1.165, 1.54) is 0 Å². The van der Waals surface area contributed by atoms with E-state index in [4.69, 9.17) is 5.11 Å². The number of benzene rings is 1. The number of carbonyl (C=O) groups is 1. The van der Waals surface area contributed by atoms with Crippen LogP contribution in [0.5, 0.6) is 0 Å². The van der Waals surface area contributed by atoms with Crippen LogP contribution < -0.4 is 0 Å². The molecule has 1 rings (SSSR count). The third-order valence-electron chi connectivity index (χ3n) is 1.89. The second-order valence-corrected chi connectivity index (χ2v) is 5.09. The SMILES string of the molecule is CS(=O)(=O)c1ccc(C(=O)O)c([N+](=O)[O-])c1F.